The molecule has 2 aromatic rings. The lowest BCUT2D eigenvalue weighted by molar-refractivity contribution is 0.0937. The van der Waals surface area contributed by atoms with Gasteiger partial charge in [-0.2, -0.15) is 5.10 Å². The number of aryl methyl sites for hydroxylation is 1. The van der Waals surface area contributed by atoms with Crippen molar-refractivity contribution >= 4 is 5.91 Å². The van der Waals surface area contributed by atoms with E-state index in [-0.39, 0.29) is 5.91 Å². The van der Waals surface area contributed by atoms with Gasteiger partial charge in [0.25, 0.3) is 5.91 Å². The van der Waals surface area contributed by atoms with Crippen molar-refractivity contribution in [1.29, 1.82) is 0 Å². The van der Waals surface area contributed by atoms with Crippen molar-refractivity contribution < 1.29 is 4.79 Å². The number of likely N-dealkylation sites (tertiary alicyclic amines) is 1. The monoisotopic (exact) mass is 325 g/mol. The predicted octanol–water partition coefficient (Wildman–Crippen LogP) is 1.72. The lowest BCUT2D eigenvalue weighted by Crippen LogP contribution is -2.33. The van der Waals surface area contributed by atoms with Crippen LogP contribution in [0.3, 0.4) is 0 Å². The molecule has 0 spiro atoms. The fourth-order valence-electron chi connectivity index (χ4n) is 4.13. The van der Waals surface area contributed by atoms with E-state index in [4.69, 9.17) is 0 Å². The van der Waals surface area contributed by atoms with Gasteiger partial charge < -0.3 is 5.32 Å². The predicted molar refractivity (Wildman–Crippen MR) is 90.7 cm³/mol. The molecule has 0 saturated carbocycles. The Kier molecular flexibility index (Phi) is 4.06. The number of nitrogens with zero attached hydrogens (tertiary/aromatic N) is 3. The van der Waals surface area contributed by atoms with E-state index in [2.05, 4.69) is 38.5 Å². The van der Waals surface area contributed by atoms with Crippen LogP contribution in [0.2, 0.25) is 0 Å². The lowest BCUT2D eigenvalue weighted by atomic mass is 9.94. The minimum Gasteiger partial charge on any atom is -0.350 e. The highest BCUT2D eigenvalue weighted by Crippen LogP contribution is 2.35. The third-order valence-electron chi connectivity index (χ3n) is 5.35. The first-order chi connectivity index (χ1) is 11.7. The maximum absolute atomic E-state index is 12.5. The third kappa shape index (κ3) is 2.71. The van der Waals surface area contributed by atoms with Crippen molar-refractivity contribution in [2.75, 3.05) is 20.1 Å². The molecular weight excluding hydrogens is 302 g/mol. The molecule has 0 aromatic carbocycles. The Labute approximate surface area is 141 Å². The number of carbonyl (C=O) groups is 1. The number of amides is 1. The van der Waals surface area contributed by atoms with Crippen LogP contribution in [0.25, 0.3) is 0 Å². The summed E-state index contributed by atoms with van der Waals surface area (Å²) < 4.78 is 0. The zero-order chi connectivity index (χ0) is 16.5. The van der Waals surface area contributed by atoms with E-state index in [1.54, 1.807) is 6.20 Å². The van der Waals surface area contributed by atoms with Gasteiger partial charge in [0.2, 0.25) is 0 Å². The third-order valence-corrected chi connectivity index (χ3v) is 5.35. The molecule has 1 fully saturated rings. The highest BCUT2D eigenvalue weighted by atomic mass is 16.1. The molecule has 2 aromatic heterocycles. The number of aromatic nitrogens is 3. The molecule has 1 saturated heterocycles. The number of nitrogens with one attached hydrogen (secondary N) is 2. The zero-order valence-corrected chi connectivity index (χ0v) is 14.0. The van der Waals surface area contributed by atoms with Gasteiger partial charge in [-0.05, 0) is 56.8 Å². The molecule has 126 valence electrons. The van der Waals surface area contributed by atoms with Crippen molar-refractivity contribution in [3.05, 3.63) is 47.0 Å². The van der Waals surface area contributed by atoms with E-state index < -0.39 is 0 Å². The number of H-pyrrole nitrogens is 1. The first-order valence-corrected chi connectivity index (χ1v) is 8.68. The van der Waals surface area contributed by atoms with E-state index in [1.165, 1.54) is 5.56 Å². The van der Waals surface area contributed by atoms with E-state index in [9.17, 15) is 4.79 Å². The molecule has 1 aliphatic carbocycles. The summed E-state index contributed by atoms with van der Waals surface area (Å²) in [6.45, 7) is 1.71. The van der Waals surface area contributed by atoms with Crippen molar-refractivity contribution in [3.8, 4) is 0 Å². The Morgan fingerprint density at radius 3 is 3.21 bits per heavy atom. The summed E-state index contributed by atoms with van der Waals surface area (Å²) in [6.07, 6.45) is 7.88. The van der Waals surface area contributed by atoms with Gasteiger partial charge in [-0.3, -0.25) is 19.8 Å². The number of hydrogen-bond acceptors (Lipinski definition) is 4. The van der Waals surface area contributed by atoms with E-state index in [0.29, 0.717) is 24.2 Å². The summed E-state index contributed by atoms with van der Waals surface area (Å²) in [5, 5.41) is 10.3. The van der Waals surface area contributed by atoms with Gasteiger partial charge in [-0.1, -0.05) is 6.07 Å². The van der Waals surface area contributed by atoms with Crippen molar-refractivity contribution in [3.63, 3.8) is 0 Å². The summed E-state index contributed by atoms with van der Waals surface area (Å²) in [6, 6.07) is 4.41. The lowest BCUT2D eigenvalue weighted by Gasteiger charge is -2.25. The molecule has 2 atom stereocenters. The molecule has 2 N–H and O–H groups in total. The second kappa shape index (κ2) is 6.36. The molecule has 6 heteroatoms. The van der Waals surface area contributed by atoms with E-state index in [0.717, 1.165) is 43.5 Å². The van der Waals surface area contributed by atoms with Crippen LogP contribution in [0.1, 0.15) is 46.2 Å². The molecule has 0 radical (unpaired) electrons. The molecule has 1 aliphatic heterocycles. The number of rotatable bonds is 4. The number of carbonyl (C=O) groups excluding carboxylic acids is 1. The fraction of sp³-hybridized carbons (Fsp3) is 0.500. The average molecular weight is 325 g/mol. The maximum atomic E-state index is 12.5. The molecule has 2 aliphatic rings. The maximum Gasteiger partial charge on any atom is 0.272 e. The highest BCUT2D eigenvalue weighted by Gasteiger charge is 2.33. The first-order valence-electron chi connectivity index (χ1n) is 8.68. The van der Waals surface area contributed by atoms with Crippen LogP contribution in [0, 0.1) is 5.92 Å². The zero-order valence-electron chi connectivity index (χ0n) is 14.0. The van der Waals surface area contributed by atoms with Gasteiger partial charge in [0.15, 0.2) is 5.69 Å². The minimum atomic E-state index is -0.0473. The Morgan fingerprint density at radius 2 is 2.38 bits per heavy atom. The van der Waals surface area contributed by atoms with Crippen LogP contribution in [-0.2, 0) is 12.8 Å². The van der Waals surface area contributed by atoms with Gasteiger partial charge in [-0.25, -0.2) is 0 Å². The summed E-state index contributed by atoms with van der Waals surface area (Å²) >= 11 is 0. The Balaban J connectivity index is 1.44. The smallest absolute Gasteiger partial charge is 0.272 e. The second-order valence-corrected chi connectivity index (χ2v) is 6.85. The fourth-order valence-corrected chi connectivity index (χ4v) is 4.13. The van der Waals surface area contributed by atoms with Crippen LogP contribution in [0.15, 0.2) is 24.5 Å². The second-order valence-electron chi connectivity index (χ2n) is 6.85. The van der Waals surface area contributed by atoms with Crippen LogP contribution in [0.5, 0.6) is 0 Å². The quantitative estimate of drug-likeness (QED) is 0.897. The van der Waals surface area contributed by atoms with Crippen LogP contribution in [0.4, 0.5) is 0 Å². The number of fused-ring (bicyclic) bond motifs is 1. The van der Waals surface area contributed by atoms with Gasteiger partial charge in [0.05, 0.1) is 0 Å². The molecule has 6 nitrogen and oxygen atoms in total. The highest BCUT2D eigenvalue weighted by molar-refractivity contribution is 5.94. The average Bonchev–Trinajstić information content (AvgIpc) is 3.29. The number of aromatic amines is 1. The summed E-state index contributed by atoms with van der Waals surface area (Å²) in [5.41, 5.74) is 4.05. The SMILES string of the molecule is CN1CC[C@@H](CNC(=O)c2n[nH]c3c2CCC3)[C@@H]1c1cccnc1. The molecule has 3 heterocycles. The molecule has 0 unspecified atom stereocenters. The topological polar surface area (TPSA) is 73.9 Å². The standard InChI is InChI=1S/C18H23N5O/c1-23-9-7-13(17(23)12-4-3-8-19-10-12)11-20-18(24)16-14-5-2-6-15(14)21-22-16/h3-4,8,10,13,17H,2,5-7,9,11H2,1H3,(H,20,24)(H,21,22)/t13-,17-/m0/s1. The Bertz CT molecular complexity index is 726. The molecule has 4 rings (SSSR count). The molecule has 24 heavy (non-hydrogen) atoms. The molecule has 0 bridgehead atoms. The van der Waals surface area contributed by atoms with Crippen LogP contribution >= 0.6 is 0 Å². The summed E-state index contributed by atoms with van der Waals surface area (Å²) in [7, 11) is 2.14. The summed E-state index contributed by atoms with van der Waals surface area (Å²) in [5.74, 6) is 0.351. The van der Waals surface area contributed by atoms with Crippen LogP contribution in [-0.4, -0.2) is 46.1 Å². The Morgan fingerprint density at radius 1 is 1.46 bits per heavy atom. The number of pyridine rings is 1. The number of hydrogen-bond donors (Lipinski definition) is 2. The van der Waals surface area contributed by atoms with Crippen molar-refractivity contribution in [2.24, 2.45) is 5.92 Å². The molecular formula is C18H23N5O. The molecule has 1 amide bonds. The van der Waals surface area contributed by atoms with Crippen molar-refractivity contribution in [1.82, 2.24) is 25.4 Å². The largest absolute Gasteiger partial charge is 0.350 e. The van der Waals surface area contributed by atoms with Crippen molar-refractivity contribution in [2.45, 2.75) is 31.7 Å². The van der Waals surface area contributed by atoms with E-state index >= 15 is 0 Å². The first kappa shape index (κ1) is 15.3. The van der Waals surface area contributed by atoms with E-state index in [1.807, 2.05) is 12.3 Å². The van der Waals surface area contributed by atoms with Gasteiger partial charge in [-0.15, -0.1) is 0 Å². The van der Waals surface area contributed by atoms with Crippen LogP contribution < -0.4 is 5.32 Å². The Hall–Kier alpha value is -2.21. The normalized spacial score (nSPS) is 23.4. The summed E-state index contributed by atoms with van der Waals surface area (Å²) in [4.78, 5) is 19.1. The van der Waals surface area contributed by atoms with Gasteiger partial charge >= 0.3 is 0 Å². The van der Waals surface area contributed by atoms with Gasteiger partial charge in [0.1, 0.15) is 0 Å². The van der Waals surface area contributed by atoms with Gasteiger partial charge in [0, 0.05) is 36.2 Å². The minimum absolute atomic E-state index is 0.0473.